The first-order chi connectivity index (χ1) is 8.54. The van der Waals surface area contributed by atoms with Gasteiger partial charge in [0.15, 0.2) is 5.78 Å². The molecule has 0 heterocycles. The number of hydrogen-bond acceptors (Lipinski definition) is 3. The van der Waals surface area contributed by atoms with Gasteiger partial charge in [-0.1, -0.05) is 24.5 Å². The molecule has 0 aromatic carbocycles. The third-order valence-corrected chi connectivity index (χ3v) is 3.43. The molecule has 1 aliphatic rings. The number of rotatable bonds is 8. The standard InChI is InChI=1S/C14H22O4/c1-2-3-5-10-6-4-7-11(10)8-12(15)13(16)9-14(17)18/h12,15H,2-9H2,1H3,(H,17,18). The Kier molecular flexibility index (Phi) is 6.05. The Morgan fingerprint density at radius 1 is 1.28 bits per heavy atom. The molecule has 0 saturated heterocycles. The van der Waals surface area contributed by atoms with Gasteiger partial charge in [0.05, 0.1) is 0 Å². The molecule has 0 radical (unpaired) electrons. The summed E-state index contributed by atoms with van der Waals surface area (Å²) in [5, 5.41) is 18.2. The largest absolute Gasteiger partial charge is 0.481 e. The van der Waals surface area contributed by atoms with Crippen molar-refractivity contribution in [3.63, 3.8) is 0 Å². The van der Waals surface area contributed by atoms with Gasteiger partial charge in [0.25, 0.3) is 0 Å². The molecule has 0 fully saturated rings. The van der Waals surface area contributed by atoms with Gasteiger partial charge < -0.3 is 10.2 Å². The lowest BCUT2D eigenvalue weighted by molar-refractivity contribution is -0.142. The van der Waals surface area contributed by atoms with Crippen LogP contribution in [0.4, 0.5) is 0 Å². The van der Waals surface area contributed by atoms with Crippen LogP contribution in [0.2, 0.25) is 0 Å². The van der Waals surface area contributed by atoms with E-state index in [4.69, 9.17) is 5.11 Å². The van der Waals surface area contributed by atoms with Crippen molar-refractivity contribution in [3.05, 3.63) is 11.1 Å². The van der Waals surface area contributed by atoms with Crippen LogP contribution >= 0.6 is 0 Å². The topological polar surface area (TPSA) is 74.6 Å². The maximum atomic E-state index is 11.4. The SMILES string of the molecule is CCCCC1=C(CC(O)C(=O)CC(=O)O)CCC1. The highest BCUT2D eigenvalue weighted by atomic mass is 16.4. The van der Waals surface area contributed by atoms with Crippen molar-refractivity contribution in [2.75, 3.05) is 0 Å². The Morgan fingerprint density at radius 2 is 1.94 bits per heavy atom. The number of carbonyl (C=O) groups excluding carboxylic acids is 1. The van der Waals surface area contributed by atoms with E-state index in [9.17, 15) is 14.7 Å². The number of ketones is 1. The zero-order valence-corrected chi connectivity index (χ0v) is 10.9. The third kappa shape index (κ3) is 4.61. The van der Waals surface area contributed by atoms with Crippen molar-refractivity contribution in [1.82, 2.24) is 0 Å². The van der Waals surface area contributed by atoms with Crippen molar-refractivity contribution in [2.45, 2.75) is 64.4 Å². The average molecular weight is 254 g/mol. The fourth-order valence-corrected chi connectivity index (χ4v) is 2.42. The highest BCUT2D eigenvalue weighted by Crippen LogP contribution is 2.32. The summed E-state index contributed by atoms with van der Waals surface area (Å²) in [5.74, 6) is -1.76. The zero-order valence-electron chi connectivity index (χ0n) is 10.9. The molecular weight excluding hydrogens is 232 g/mol. The molecular formula is C14H22O4. The van der Waals surface area contributed by atoms with E-state index in [2.05, 4.69) is 6.92 Å². The molecule has 1 atom stereocenters. The smallest absolute Gasteiger partial charge is 0.310 e. The second-order valence-corrected chi connectivity index (χ2v) is 4.92. The Hall–Kier alpha value is -1.16. The lowest BCUT2D eigenvalue weighted by atomic mass is 9.98. The van der Waals surface area contributed by atoms with E-state index in [1.54, 1.807) is 0 Å². The first kappa shape index (κ1) is 14.9. The molecule has 18 heavy (non-hydrogen) atoms. The van der Waals surface area contributed by atoms with Crippen molar-refractivity contribution >= 4 is 11.8 Å². The number of hydrogen-bond donors (Lipinski definition) is 2. The summed E-state index contributed by atoms with van der Waals surface area (Å²) in [4.78, 5) is 21.8. The molecule has 4 heteroatoms. The van der Waals surface area contributed by atoms with Crippen LogP contribution in [0.25, 0.3) is 0 Å². The van der Waals surface area contributed by atoms with Gasteiger partial charge in [-0.15, -0.1) is 0 Å². The maximum Gasteiger partial charge on any atom is 0.310 e. The minimum absolute atomic E-state index is 0.325. The van der Waals surface area contributed by atoms with Crippen LogP contribution in [-0.4, -0.2) is 28.1 Å². The van der Waals surface area contributed by atoms with Gasteiger partial charge in [-0.05, 0) is 32.1 Å². The Morgan fingerprint density at radius 3 is 2.56 bits per heavy atom. The Labute approximate surface area is 108 Å². The molecule has 0 saturated carbocycles. The molecule has 0 amide bonds. The van der Waals surface area contributed by atoms with Crippen LogP contribution in [0.5, 0.6) is 0 Å². The number of carboxylic acid groups (broad SMARTS) is 1. The van der Waals surface area contributed by atoms with Gasteiger partial charge in [-0.25, -0.2) is 0 Å². The second kappa shape index (κ2) is 7.31. The second-order valence-electron chi connectivity index (χ2n) is 4.92. The van der Waals surface area contributed by atoms with Gasteiger partial charge in [0.1, 0.15) is 12.5 Å². The van der Waals surface area contributed by atoms with Gasteiger partial charge in [-0.3, -0.25) is 9.59 Å². The number of allylic oxidation sites excluding steroid dienone is 1. The summed E-state index contributed by atoms with van der Waals surface area (Å²) in [5.41, 5.74) is 2.55. The fourth-order valence-electron chi connectivity index (χ4n) is 2.42. The summed E-state index contributed by atoms with van der Waals surface area (Å²) in [6.07, 6.45) is 5.01. The molecule has 1 rings (SSSR count). The van der Waals surface area contributed by atoms with Crippen LogP contribution in [0.3, 0.4) is 0 Å². The molecule has 2 N–H and O–H groups in total. The number of aliphatic carboxylic acids is 1. The number of carbonyl (C=O) groups is 2. The Bertz CT molecular complexity index is 344. The number of unbranched alkanes of at least 4 members (excludes halogenated alkanes) is 1. The molecule has 102 valence electrons. The number of aliphatic hydroxyl groups excluding tert-OH is 1. The monoisotopic (exact) mass is 254 g/mol. The first-order valence-corrected chi connectivity index (χ1v) is 6.67. The van der Waals surface area contributed by atoms with E-state index in [0.29, 0.717) is 6.42 Å². The van der Waals surface area contributed by atoms with Crippen molar-refractivity contribution < 1.29 is 19.8 Å². The average Bonchev–Trinajstić information content (AvgIpc) is 2.72. The summed E-state index contributed by atoms with van der Waals surface area (Å²) in [7, 11) is 0. The van der Waals surface area contributed by atoms with Crippen molar-refractivity contribution in [2.24, 2.45) is 0 Å². The van der Waals surface area contributed by atoms with Crippen LogP contribution in [0, 0.1) is 0 Å². The number of aliphatic hydroxyl groups is 1. The van der Waals surface area contributed by atoms with Crippen molar-refractivity contribution in [3.8, 4) is 0 Å². The van der Waals surface area contributed by atoms with E-state index < -0.39 is 24.3 Å². The third-order valence-electron chi connectivity index (χ3n) is 3.43. The molecule has 0 aliphatic heterocycles. The van der Waals surface area contributed by atoms with E-state index in [0.717, 1.165) is 38.5 Å². The molecule has 0 bridgehead atoms. The van der Waals surface area contributed by atoms with Gasteiger partial charge in [0.2, 0.25) is 0 Å². The van der Waals surface area contributed by atoms with Gasteiger partial charge in [-0.2, -0.15) is 0 Å². The minimum Gasteiger partial charge on any atom is -0.481 e. The first-order valence-electron chi connectivity index (χ1n) is 6.67. The molecule has 0 spiro atoms. The summed E-state index contributed by atoms with van der Waals surface area (Å²) >= 11 is 0. The highest BCUT2D eigenvalue weighted by Gasteiger charge is 2.22. The minimum atomic E-state index is -1.18. The predicted molar refractivity (Wildman–Crippen MR) is 68.3 cm³/mol. The molecule has 1 unspecified atom stereocenters. The van der Waals surface area contributed by atoms with Gasteiger partial charge in [0, 0.05) is 6.42 Å². The quantitative estimate of drug-likeness (QED) is 0.515. The lowest BCUT2D eigenvalue weighted by Crippen LogP contribution is -2.23. The van der Waals surface area contributed by atoms with E-state index in [1.165, 1.54) is 11.1 Å². The molecule has 1 aliphatic carbocycles. The molecule has 0 aromatic rings. The van der Waals surface area contributed by atoms with Crippen LogP contribution in [-0.2, 0) is 9.59 Å². The summed E-state index contributed by atoms with van der Waals surface area (Å²) in [6.45, 7) is 2.14. The van der Waals surface area contributed by atoms with Crippen LogP contribution in [0.1, 0.15) is 58.3 Å². The normalized spacial score (nSPS) is 17.0. The van der Waals surface area contributed by atoms with Crippen LogP contribution in [0.15, 0.2) is 11.1 Å². The fraction of sp³-hybridized carbons (Fsp3) is 0.714. The zero-order chi connectivity index (χ0) is 13.5. The van der Waals surface area contributed by atoms with Gasteiger partial charge >= 0.3 is 5.97 Å². The molecule has 0 aromatic heterocycles. The Balaban J connectivity index is 2.53. The van der Waals surface area contributed by atoms with E-state index in [1.807, 2.05) is 0 Å². The number of Topliss-reactive ketones (excluding diaryl/α,β-unsaturated/α-hetero) is 1. The van der Waals surface area contributed by atoms with Crippen LogP contribution < -0.4 is 0 Å². The summed E-state index contributed by atoms with van der Waals surface area (Å²) in [6, 6.07) is 0. The highest BCUT2D eigenvalue weighted by molar-refractivity contribution is 5.97. The lowest BCUT2D eigenvalue weighted by Gasteiger charge is -2.11. The number of carboxylic acids is 1. The molecule has 4 nitrogen and oxygen atoms in total. The predicted octanol–water partition coefficient (Wildman–Crippen LogP) is 2.45. The maximum absolute atomic E-state index is 11.4. The van der Waals surface area contributed by atoms with E-state index >= 15 is 0 Å². The van der Waals surface area contributed by atoms with E-state index in [-0.39, 0.29) is 0 Å². The summed E-state index contributed by atoms with van der Waals surface area (Å²) < 4.78 is 0. The van der Waals surface area contributed by atoms with Crippen molar-refractivity contribution in [1.29, 1.82) is 0 Å².